The number of benzene rings is 1. The van der Waals surface area contributed by atoms with Crippen molar-refractivity contribution in [1.82, 2.24) is 9.97 Å². The predicted octanol–water partition coefficient (Wildman–Crippen LogP) is 4.94. The number of aromatic nitrogens is 2. The minimum atomic E-state index is -0.671. The molecule has 0 bridgehead atoms. The lowest BCUT2D eigenvalue weighted by Gasteiger charge is -2.12. The number of hydrogen-bond acceptors (Lipinski definition) is 4. The first kappa shape index (κ1) is 17.8. The van der Waals surface area contributed by atoms with Crippen LogP contribution >= 0.6 is 11.9 Å². The summed E-state index contributed by atoms with van der Waals surface area (Å²) in [5.41, 5.74) is 1.36. The summed E-state index contributed by atoms with van der Waals surface area (Å²) in [5.74, 6) is -0.343. The number of halogens is 2. The van der Waals surface area contributed by atoms with Gasteiger partial charge >= 0.3 is 0 Å². The van der Waals surface area contributed by atoms with Gasteiger partial charge in [-0.2, -0.15) is 0 Å². The smallest absolute Gasteiger partial charge is 0.228 e. The average molecular weight is 388 g/mol. The molecule has 2 heterocycles. The highest BCUT2D eigenvalue weighted by Crippen LogP contribution is 2.35. The lowest BCUT2D eigenvalue weighted by Crippen LogP contribution is -2.14. The van der Waals surface area contributed by atoms with Gasteiger partial charge in [-0.15, -0.1) is 0 Å². The van der Waals surface area contributed by atoms with Crippen LogP contribution in [-0.4, -0.2) is 21.6 Å². The number of carbonyl (C=O) groups excluding carboxylic acids is 1. The fourth-order valence-corrected chi connectivity index (χ4v) is 3.37. The predicted molar refractivity (Wildman–Crippen MR) is 105 cm³/mol. The van der Waals surface area contributed by atoms with Crippen LogP contribution in [-0.2, 0) is 4.79 Å². The van der Waals surface area contributed by atoms with Crippen LogP contribution in [0.2, 0.25) is 0 Å². The number of amides is 1. The molecule has 0 aliphatic heterocycles. The molecular formula is C19H18F2N4OS. The largest absolute Gasteiger partial charge is 0.346 e. The molecule has 1 aliphatic carbocycles. The van der Waals surface area contributed by atoms with E-state index in [4.69, 9.17) is 0 Å². The van der Waals surface area contributed by atoms with E-state index in [1.807, 2.05) is 6.92 Å². The summed E-state index contributed by atoms with van der Waals surface area (Å²) in [6.45, 7) is 1.89. The average Bonchev–Trinajstić information content (AvgIpc) is 3.39. The Bertz CT molecular complexity index is 993. The molecule has 1 fully saturated rings. The minimum absolute atomic E-state index is 0.0332. The van der Waals surface area contributed by atoms with E-state index in [1.165, 1.54) is 24.1 Å². The Hall–Kier alpha value is -2.61. The molecule has 4 rings (SSSR count). The molecule has 1 aromatic carbocycles. The zero-order chi connectivity index (χ0) is 19.0. The van der Waals surface area contributed by atoms with Crippen molar-refractivity contribution < 1.29 is 13.6 Å². The van der Waals surface area contributed by atoms with Gasteiger partial charge in [0, 0.05) is 23.3 Å². The number of H-pyrrole nitrogens is 1. The Balaban J connectivity index is 1.76. The number of nitrogens with zero attached hydrogens (tertiary/aromatic N) is 1. The van der Waals surface area contributed by atoms with Gasteiger partial charge in [-0.05, 0) is 48.2 Å². The molecule has 3 N–H and O–H groups in total. The second-order valence-corrected chi connectivity index (χ2v) is 7.48. The quantitative estimate of drug-likeness (QED) is 0.523. The Labute approximate surface area is 159 Å². The standard InChI is InChI=1S/C19H18F2N4OS/c1-2-27-25-17-14(20)7-11(8-15(17)21)13-9-16(24-19(26)10-3-4-10)23-18-12(13)5-6-22-18/h5-10,25H,2-4H2,1H3,(H2,22,23,24,26). The summed E-state index contributed by atoms with van der Waals surface area (Å²) in [6, 6.07) is 6.02. The molecule has 1 saturated carbocycles. The molecule has 1 aliphatic rings. The van der Waals surface area contributed by atoms with Crippen LogP contribution in [0.25, 0.3) is 22.2 Å². The highest BCUT2D eigenvalue weighted by atomic mass is 32.2. The maximum atomic E-state index is 14.5. The van der Waals surface area contributed by atoms with Crippen molar-refractivity contribution in [3.8, 4) is 11.1 Å². The van der Waals surface area contributed by atoms with Crippen molar-refractivity contribution in [2.45, 2.75) is 19.8 Å². The lowest BCUT2D eigenvalue weighted by molar-refractivity contribution is -0.117. The van der Waals surface area contributed by atoms with Crippen molar-refractivity contribution in [1.29, 1.82) is 0 Å². The molecule has 0 saturated heterocycles. The number of hydrogen-bond donors (Lipinski definition) is 3. The molecule has 0 unspecified atom stereocenters. The van der Waals surface area contributed by atoms with Crippen molar-refractivity contribution >= 4 is 40.4 Å². The normalized spacial score (nSPS) is 13.7. The number of fused-ring (bicyclic) bond motifs is 1. The molecule has 27 heavy (non-hydrogen) atoms. The van der Waals surface area contributed by atoms with Crippen molar-refractivity contribution in [3.63, 3.8) is 0 Å². The summed E-state index contributed by atoms with van der Waals surface area (Å²) in [7, 11) is 0. The van der Waals surface area contributed by atoms with Gasteiger partial charge in [0.25, 0.3) is 0 Å². The SMILES string of the molecule is CCSNc1c(F)cc(-c2cc(NC(=O)C3CC3)nc3[nH]ccc23)cc1F. The molecule has 2 aromatic heterocycles. The number of anilines is 2. The maximum Gasteiger partial charge on any atom is 0.228 e. The minimum Gasteiger partial charge on any atom is -0.346 e. The van der Waals surface area contributed by atoms with Crippen LogP contribution in [0.1, 0.15) is 19.8 Å². The second-order valence-electron chi connectivity index (χ2n) is 6.41. The maximum absolute atomic E-state index is 14.5. The Morgan fingerprint density at radius 3 is 2.70 bits per heavy atom. The van der Waals surface area contributed by atoms with E-state index in [-0.39, 0.29) is 17.5 Å². The van der Waals surface area contributed by atoms with E-state index in [1.54, 1.807) is 18.3 Å². The van der Waals surface area contributed by atoms with Gasteiger partial charge < -0.3 is 15.0 Å². The Morgan fingerprint density at radius 1 is 1.30 bits per heavy atom. The number of aromatic amines is 1. The van der Waals surface area contributed by atoms with Gasteiger partial charge in [-0.1, -0.05) is 18.9 Å². The summed E-state index contributed by atoms with van der Waals surface area (Å²) in [5, 5.41) is 3.52. The molecular weight excluding hydrogens is 370 g/mol. The topological polar surface area (TPSA) is 69.8 Å². The van der Waals surface area contributed by atoms with Gasteiger partial charge in [0.05, 0.1) is 0 Å². The third-order valence-electron chi connectivity index (χ3n) is 4.40. The van der Waals surface area contributed by atoms with E-state index in [2.05, 4.69) is 20.0 Å². The first-order valence-electron chi connectivity index (χ1n) is 8.73. The Morgan fingerprint density at radius 2 is 2.04 bits per heavy atom. The summed E-state index contributed by atoms with van der Waals surface area (Å²) in [6.07, 6.45) is 3.46. The third kappa shape index (κ3) is 3.62. The van der Waals surface area contributed by atoms with Crippen molar-refractivity contribution in [2.24, 2.45) is 5.92 Å². The lowest BCUT2D eigenvalue weighted by atomic mass is 10.0. The van der Waals surface area contributed by atoms with E-state index >= 15 is 0 Å². The van der Waals surface area contributed by atoms with E-state index in [0.29, 0.717) is 28.3 Å². The van der Waals surface area contributed by atoms with Gasteiger partial charge in [0.1, 0.15) is 17.2 Å². The van der Waals surface area contributed by atoms with Gasteiger partial charge in [0.15, 0.2) is 11.6 Å². The first-order chi connectivity index (χ1) is 13.1. The summed E-state index contributed by atoms with van der Waals surface area (Å²) < 4.78 is 31.6. The molecule has 1 amide bonds. The second kappa shape index (κ2) is 7.19. The Kier molecular flexibility index (Phi) is 4.73. The van der Waals surface area contributed by atoms with E-state index in [9.17, 15) is 13.6 Å². The van der Waals surface area contributed by atoms with Gasteiger partial charge in [-0.25, -0.2) is 13.8 Å². The van der Waals surface area contributed by atoms with Gasteiger partial charge in [-0.3, -0.25) is 4.79 Å². The van der Waals surface area contributed by atoms with E-state index < -0.39 is 11.6 Å². The number of pyridine rings is 1. The molecule has 140 valence electrons. The van der Waals surface area contributed by atoms with Crippen LogP contribution in [0.4, 0.5) is 20.3 Å². The summed E-state index contributed by atoms with van der Waals surface area (Å²) >= 11 is 1.22. The number of carbonyl (C=O) groups is 1. The zero-order valence-corrected chi connectivity index (χ0v) is 15.4. The van der Waals surface area contributed by atoms with Crippen LogP contribution in [0.15, 0.2) is 30.5 Å². The van der Waals surface area contributed by atoms with Gasteiger partial charge in [0.2, 0.25) is 5.91 Å². The van der Waals surface area contributed by atoms with Crippen molar-refractivity contribution in [3.05, 3.63) is 42.1 Å². The highest BCUT2D eigenvalue weighted by molar-refractivity contribution is 8.00. The fraction of sp³-hybridized carbons (Fsp3) is 0.263. The molecule has 5 nitrogen and oxygen atoms in total. The van der Waals surface area contributed by atoms with Crippen LogP contribution in [0, 0.1) is 17.6 Å². The first-order valence-corrected chi connectivity index (χ1v) is 9.71. The monoisotopic (exact) mass is 388 g/mol. The number of nitrogens with one attached hydrogen (secondary N) is 3. The third-order valence-corrected chi connectivity index (χ3v) is 5.04. The molecule has 8 heteroatoms. The van der Waals surface area contributed by atoms with Crippen LogP contribution in [0.3, 0.4) is 0 Å². The highest BCUT2D eigenvalue weighted by Gasteiger charge is 2.30. The van der Waals surface area contributed by atoms with Crippen LogP contribution < -0.4 is 10.0 Å². The molecule has 0 atom stereocenters. The molecule has 0 spiro atoms. The summed E-state index contributed by atoms with van der Waals surface area (Å²) in [4.78, 5) is 19.4. The van der Waals surface area contributed by atoms with Crippen LogP contribution in [0.5, 0.6) is 0 Å². The van der Waals surface area contributed by atoms with E-state index in [0.717, 1.165) is 18.2 Å². The zero-order valence-electron chi connectivity index (χ0n) is 14.6. The van der Waals surface area contributed by atoms with Crippen molar-refractivity contribution in [2.75, 3.05) is 15.8 Å². The number of rotatable bonds is 6. The molecule has 0 radical (unpaired) electrons. The fourth-order valence-electron chi connectivity index (χ4n) is 2.88. The molecule has 3 aromatic rings.